The van der Waals surface area contributed by atoms with E-state index < -0.39 is 0 Å². The van der Waals surface area contributed by atoms with Gasteiger partial charge in [-0.25, -0.2) is 0 Å². The first-order valence-corrected chi connectivity index (χ1v) is 20.9. The van der Waals surface area contributed by atoms with Crippen molar-refractivity contribution in [2.75, 3.05) is 4.90 Å². The summed E-state index contributed by atoms with van der Waals surface area (Å²) in [6.45, 7) is 0. The molecule has 0 saturated carbocycles. The Morgan fingerprint density at radius 2 is 0.807 bits per heavy atom. The van der Waals surface area contributed by atoms with Crippen LogP contribution in [0, 0.1) is 0 Å². The number of aromatic nitrogens is 1. The van der Waals surface area contributed by atoms with E-state index in [0.717, 1.165) is 22.4 Å². The number of anilines is 3. The van der Waals surface area contributed by atoms with E-state index in [1.54, 1.807) is 0 Å². The number of nitrogens with zero attached hydrogens (tertiary/aromatic N) is 2. The lowest BCUT2D eigenvalue weighted by Gasteiger charge is -2.26. The molecule has 3 heterocycles. The normalized spacial score (nSPS) is 11.9. The fraction of sp³-hybridized carbons (Fsp3) is 0. The molecule has 3 aromatic heterocycles. The Bertz CT molecular complexity index is 3370. The van der Waals surface area contributed by atoms with Crippen LogP contribution in [0.15, 0.2) is 194 Å². The van der Waals surface area contributed by atoms with Crippen LogP contribution in [0.2, 0.25) is 0 Å². The molecule has 0 fully saturated rings. The van der Waals surface area contributed by atoms with E-state index in [2.05, 4.69) is 192 Å². The third-order valence-electron chi connectivity index (χ3n) is 11.5. The van der Waals surface area contributed by atoms with Crippen molar-refractivity contribution in [3.63, 3.8) is 0 Å². The van der Waals surface area contributed by atoms with Crippen molar-refractivity contribution >= 4 is 112 Å². The van der Waals surface area contributed by atoms with Crippen LogP contribution >= 0.6 is 22.7 Å². The van der Waals surface area contributed by atoms with E-state index in [1.165, 1.54) is 89.5 Å². The van der Waals surface area contributed by atoms with Crippen LogP contribution in [0.4, 0.5) is 17.1 Å². The first-order chi connectivity index (χ1) is 28.2. The zero-order valence-corrected chi connectivity index (χ0v) is 32.3. The number of hydrogen-bond donors (Lipinski definition) is 0. The molecule has 9 aromatic carbocycles. The quantitative estimate of drug-likeness (QED) is 0.174. The lowest BCUT2D eigenvalue weighted by Crippen LogP contribution is -2.10. The van der Waals surface area contributed by atoms with Crippen LogP contribution in [0.25, 0.3) is 94.9 Å². The summed E-state index contributed by atoms with van der Waals surface area (Å²) in [5.41, 5.74) is 8.15. The summed E-state index contributed by atoms with van der Waals surface area (Å²) in [6, 6.07) is 67.2. The topological polar surface area (TPSA) is 16.1 Å². The molecular formula is C53H32N2S2. The van der Waals surface area contributed by atoms with Gasteiger partial charge < -0.3 is 4.90 Å². The molecule has 0 spiro atoms. The van der Waals surface area contributed by atoms with E-state index >= 15 is 0 Å². The maximum absolute atomic E-state index is 4.32. The van der Waals surface area contributed by atoms with Gasteiger partial charge in [0.05, 0.1) is 0 Å². The summed E-state index contributed by atoms with van der Waals surface area (Å²) in [4.78, 5) is 6.75. The van der Waals surface area contributed by atoms with Crippen LogP contribution < -0.4 is 4.90 Å². The highest BCUT2D eigenvalue weighted by Crippen LogP contribution is 2.45. The maximum Gasteiger partial charge on any atom is 0.0468 e. The molecular weight excluding hydrogens is 729 g/mol. The largest absolute Gasteiger partial charge is 0.310 e. The summed E-state index contributed by atoms with van der Waals surface area (Å²) in [6.07, 6.45) is 3.78. The maximum atomic E-state index is 4.32. The van der Waals surface area contributed by atoms with Crippen LogP contribution in [0.3, 0.4) is 0 Å². The monoisotopic (exact) mass is 760 g/mol. The van der Waals surface area contributed by atoms with E-state index in [0.29, 0.717) is 0 Å². The molecule has 0 aliphatic carbocycles. The molecule has 266 valence electrons. The van der Waals surface area contributed by atoms with Crippen LogP contribution in [-0.4, -0.2) is 4.98 Å². The van der Waals surface area contributed by atoms with Crippen molar-refractivity contribution < 1.29 is 0 Å². The molecule has 0 aliphatic rings. The SMILES string of the molecule is c1ccc2c(c1)sc1c3cc(N(c4ccc(-c5ccc(-c6ccc7ccncc7c6)cc5)cc4)c4ccc5ccc6c7ccccc7sc6c5c4)ccc3ccc21. The summed E-state index contributed by atoms with van der Waals surface area (Å²) in [5, 5.41) is 12.7. The molecule has 0 N–H and O–H groups in total. The second kappa shape index (κ2) is 12.9. The minimum atomic E-state index is 1.12. The van der Waals surface area contributed by atoms with Crippen molar-refractivity contribution in [3.8, 4) is 22.3 Å². The Morgan fingerprint density at radius 3 is 1.40 bits per heavy atom. The van der Waals surface area contributed by atoms with Crippen molar-refractivity contribution in [1.82, 2.24) is 4.98 Å². The van der Waals surface area contributed by atoms with Gasteiger partial charge in [0.25, 0.3) is 0 Å². The molecule has 0 saturated heterocycles. The molecule has 0 atom stereocenters. The van der Waals surface area contributed by atoms with Gasteiger partial charge in [0.2, 0.25) is 0 Å². The average Bonchev–Trinajstić information content (AvgIpc) is 3.86. The fourth-order valence-corrected chi connectivity index (χ4v) is 11.1. The van der Waals surface area contributed by atoms with Gasteiger partial charge in [-0.05, 0) is 99.1 Å². The number of pyridine rings is 1. The molecule has 0 radical (unpaired) electrons. The molecule has 4 heteroatoms. The lowest BCUT2D eigenvalue weighted by molar-refractivity contribution is 1.30. The van der Waals surface area contributed by atoms with Crippen molar-refractivity contribution in [3.05, 3.63) is 194 Å². The van der Waals surface area contributed by atoms with Gasteiger partial charge in [0, 0.05) is 86.0 Å². The summed E-state index contributed by atoms with van der Waals surface area (Å²) >= 11 is 3.78. The Morgan fingerprint density at radius 1 is 0.333 bits per heavy atom. The predicted molar refractivity (Wildman–Crippen MR) is 248 cm³/mol. The van der Waals surface area contributed by atoms with Gasteiger partial charge >= 0.3 is 0 Å². The fourth-order valence-electron chi connectivity index (χ4n) is 8.63. The molecule has 2 nitrogen and oxygen atoms in total. The molecule has 57 heavy (non-hydrogen) atoms. The number of fused-ring (bicyclic) bond motifs is 11. The second-order valence-electron chi connectivity index (χ2n) is 14.8. The second-order valence-corrected chi connectivity index (χ2v) is 16.9. The van der Waals surface area contributed by atoms with E-state index in [4.69, 9.17) is 0 Å². The van der Waals surface area contributed by atoms with Crippen molar-refractivity contribution in [2.45, 2.75) is 0 Å². The summed E-state index contributed by atoms with van der Waals surface area (Å²) in [7, 11) is 0. The third-order valence-corrected chi connectivity index (χ3v) is 14.0. The van der Waals surface area contributed by atoms with Crippen LogP contribution in [0.1, 0.15) is 0 Å². The summed E-state index contributed by atoms with van der Waals surface area (Å²) in [5.74, 6) is 0. The first kappa shape index (κ1) is 32.4. The zero-order valence-electron chi connectivity index (χ0n) is 30.7. The highest BCUT2D eigenvalue weighted by molar-refractivity contribution is 7.27. The van der Waals surface area contributed by atoms with Crippen LogP contribution in [0.5, 0.6) is 0 Å². The van der Waals surface area contributed by atoms with E-state index in [9.17, 15) is 0 Å². The zero-order chi connectivity index (χ0) is 37.5. The Kier molecular flexibility index (Phi) is 7.31. The average molecular weight is 761 g/mol. The van der Waals surface area contributed by atoms with Crippen molar-refractivity contribution in [1.29, 1.82) is 0 Å². The minimum absolute atomic E-state index is 1.12. The molecule has 0 amide bonds. The van der Waals surface area contributed by atoms with E-state index in [1.807, 2.05) is 35.1 Å². The van der Waals surface area contributed by atoms with Gasteiger partial charge in [-0.2, -0.15) is 0 Å². The van der Waals surface area contributed by atoms with E-state index in [-0.39, 0.29) is 0 Å². The first-order valence-electron chi connectivity index (χ1n) is 19.2. The lowest BCUT2D eigenvalue weighted by atomic mass is 9.98. The highest BCUT2D eigenvalue weighted by Gasteiger charge is 2.18. The standard InChI is InChI=1S/C53H32N2S2/c1-3-7-50-44(5-1)46-25-19-37-17-23-42(30-48(37)52(46)56-50)55(43-24-18-38-20-26-47-45-6-2-4-8-51(45)57-53(47)49(38)31-43)41-21-15-34(16-22-41)33-9-11-35(12-10-33)39-14-13-36-27-28-54-32-40(36)29-39/h1-32H. The molecule has 0 aliphatic heterocycles. The number of hydrogen-bond acceptors (Lipinski definition) is 4. The third kappa shape index (κ3) is 5.33. The highest BCUT2D eigenvalue weighted by atomic mass is 32.1. The van der Waals surface area contributed by atoms with Gasteiger partial charge in [-0.15, -0.1) is 22.7 Å². The van der Waals surface area contributed by atoms with Gasteiger partial charge in [0.15, 0.2) is 0 Å². The van der Waals surface area contributed by atoms with Crippen molar-refractivity contribution in [2.24, 2.45) is 0 Å². The minimum Gasteiger partial charge on any atom is -0.310 e. The Hall–Kier alpha value is -6.85. The van der Waals surface area contributed by atoms with Gasteiger partial charge in [0.1, 0.15) is 0 Å². The van der Waals surface area contributed by atoms with Crippen LogP contribution in [-0.2, 0) is 0 Å². The summed E-state index contributed by atoms with van der Waals surface area (Å²) < 4.78 is 5.31. The van der Waals surface area contributed by atoms with Gasteiger partial charge in [-0.3, -0.25) is 4.98 Å². The molecule has 12 aromatic rings. The smallest absolute Gasteiger partial charge is 0.0468 e. The number of thiophene rings is 2. The Labute approximate surface area is 337 Å². The Balaban J connectivity index is 0.990. The predicted octanol–water partition coefficient (Wildman–Crippen LogP) is 16.1. The molecule has 0 bridgehead atoms. The molecule has 12 rings (SSSR count). The number of benzene rings is 9. The molecule has 0 unspecified atom stereocenters. The van der Waals surface area contributed by atoms with Gasteiger partial charge in [-0.1, -0.05) is 121 Å². The number of rotatable bonds is 5.